The van der Waals surface area contributed by atoms with E-state index in [1.165, 1.54) is 29.9 Å². The van der Waals surface area contributed by atoms with Crippen LogP contribution in [0.1, 0.15) is 18.9 Å². The zero-order valence-electron chi connectivity index (χ0n) is 10.0. The molecule has 1 aromatic carbocycles. The molecular weight excluding hydrogens is 221 g/mol. The van der Waals surface area contributed by atoms with Crippen molar-refractivity contribution in [2.75, 3.05) is 18.6 Å². The minimum Gasteiger partial charge on any atom is -0.316 e. The Labute approximate surface area is 102 Å². The van der Waals surface area contributed by atoms with Crippen LogP contribution in [0.25, 0.3) is 0 Å². The van der Waals surface area contributed by atoms with Gasteiger partial charge in [0.2, 0.25) is 0 Å². The molecule has 1 aromatic rings. The van der Waals surface area contributed by atoms with Crippen molar-refractivity contribution in [2.45, 2.75) is 25.8 Å². The van der Waals surface area contributed by atoms with Crippen molar-refractivity contribution in [2.24, 2.45) is 0 Å². The van der Waals surface area contributed by atoms with Crippen LogP contribution in [0.2, 0.25) is 0 Å². The summed E-state index contributed by atoms with van der Waals surface area (Å²) < 4.78 is 12.7. The van der Waals surface area contributed by atoms with Crippen LogP contribution < -0.4 is 5.32 Å². The zero-order valence-corrected chi connectivity index (χ0v) is 10.8. The first-order valence-electron chi connectivity index (χ1n) is 5.75. The summed E-state index contributed by atoms with van der Waals surface area (Å²) in [4.78, 5) is 0. The van der Waals surface area contributed by atoms with Gasteiger partial charge in [-0.2, -0.15) is 11.8 Å². The summed E-state index contributed by atoms with van der Waals surface area (Å²) in [6, 6.07) is 7.26. The number of hydrogen-bond donors (Lipinski definition) is 1. The van der Waals surface area contributed by atoms with Gasteiger partial charge in [-0.3, -0.25) is 0 Å². The molecule has 0 saturated carbocycles. The topological polar surface area (TPSA) is 12.0 Å². The largest absolute Gasteiger partial charge is 0.316 e. The number of thioether (sulfide) groups is 1. The van der Waals surface area contributed by atoms with Gasteiger partial charge in [0, 0.05) is 11.8 Å². The van der Waals surface area contributed by atoms with Gasteiger partial charge in [0.15, 0.2) is 0 Å². The summed E-state index contributed by atoms with van der Waals surface area (Å²) in [5.74, 6) is 2.16. The SMILES string of the molecule is CCCSCC(Cc1ccc(F)cc1)NC. The number of hydrogen-bond acceptors (Lipinski definition) is 2. The molecule has 16 heavy (non-hydrogen) atoms. The van der Waals surface area contributed by atoms with Gasteiger partial charge >= 0.3 is 0 Å². The first-order valence-corrected chi connectivity index (χ1v) is 6.91. The van der Waals surface area contributed by atoms with Crippen LogP contribution in [0.3, 0.4) is 0 Å². The third-order valence-corrected chi connectivity index (χ3v) is 3.81. The molecule has 0 aliphatic rings. The molecule has 1 atom stereocenters. The standard InChI is InChI=1S/C13H20FNS/c1-3-8-16-10-13(15-2)9-11-4-6-12(14)7-5-11/h4-7,13,15H,3,8-10H2,1-2H3. The minimum atomic E-state index is -0.162. The molecule has 0 aliphatic carbocycles. The van der Waals surface area contributed by atoms with Crippen LogP contribution in [-0.2, 0) is 6.42 Å². The molecule has 1 rings (SSSR count). The molecule has 0 aromatic heterocycles. The number of benzene rings is 1. The van der Waals surface area contributed by atoms with E-state index in [1.54, 1.807) is 0 Å². The van der Waals surface area contributed by atoms with Gasteiger partial charge in [-0.1, -0.05) is 19.1 Å². The highest BCUT2D eigenvalue weighted by Crippen LogP contribution is 2.10. The maximum atomic E-state index is 12.7. The van der Waals surface area contributed by atoms with Gasteiger partial charge in [-0.25, -0.2) is 4.39 Å². The fourth-order valence-corrected chi connectivity index (χ4v) is 2.54. The van der Waals surface area contributed by atoms with E-state index in [0.29, 0.717) is 6.04 Å². The van der Waals surface area contributed by atoms with Crippen molar-refractivity contribution in [1.29, 1.82) is 0 Å². The second-order valence-electron chi connectivity index (χ2n) is 3.89. The van der Waals surface area contributed by atoms with E-state index >= 15 is 0 Å². The second-order valence-corrected chi connectivity index (χ2v) is 5.04. The Kier molecular flexibility index (Phi) is 6.50. The molecule has 1 unspecified atom stereocenters. The molecule has 0 bridgehead atoms. The minimum absolute atomic E-state index is 0.162. The van der Waals surface area contributed by atoms with Gasteiger partial charge in [0.25, 0.3) is 0 Å². The quantitative estimate of drug-likeness (QED) is 0.736. The third-order valence-electron chi connectivity index (χ3n) is 2.47. The van der Waals surface area contributed by atoms with E-state index in [1.807, 2.05) is 30.9 Å². The van der Waals surface area contributed by atoms with E-state index in [0.717, 1.165) is 12.2 Å². The third kappa shape index (κ3) is 4.99. The second kappa shape index (κ2) is 7.69. The molecule has 0 fully saturated rings. The van der Waals surface area contributed by atoms with Gasteiger partial charge in [0.05, 0.1) is 0 Å². The van der Waals surface area contributed by atoms with Crippen molar-refractivity contribution >= 4 is 11.8 Å². The first-order chi connectivity index (χ1) is 7.76. The Morgan fingerprint density at radius 3 is 2.56 bits per heavy atom. The van der Waals surface area contributed by atoms with Crippen molar-refractivity contribution in [3.63, 3.8) is 0 Å². The van der Waals surface area contributed by atoms with Crippen LogP contribution in [0.15, 0.2) is 24.3 Å². The van der Waals surface area contributed by atoms with Gasteiger partial charge in [-0.15, -0.1) is 0 Å². The Morgan fingerprint density at radius 1 is 1.31 bits per heavy atom. The Bertz CT molecular complexity index is 286. The lowest BCUT2D eigenvalue weighted by Gasteiger charge is -2.15. The molecule has 90 valence electrons. The summed E-state index contributed by atoms with van der Waals surface area (Å²) in [5, 5.41) is 3.31. The molecule has 0 amide bonds. The summed E-state index contributed by atoms with van der Waals surface area (Å²) in [5.41, 5.74) is 1.19. The lowest BCUT2D eigenvalue weighted by Crippen LogP contribution is -2.30. The molecule has 0 aliphatic heterocycles. The highest BCUT2D eigenvalue weighted by Gasteiger charge is 2.07. The fourth-order valence-electron chi connectivity index (χ4n) is 1.52. The lowest BCUT2D eigenvalue weighted by molar-refractivity contribution is 0.609. The van der Waals surface area contributed by atoms with E-state index in [2.05, 4.69) is 12.2 Å². The van der Waals surface area contributed by atoms with Crippen molar-refractivity contribution in [1.82, 2.24) is 5.32 Å². The molecule has 3 heteroatoms. The molecule has 0 radical (unpaired) electrons. The van der Waals surface area contributed by atoms with Crippen LogP contribution in [0, 0.1) is 5.82 Å². The molecule has 0 spiro atoms. The molecule has 0 heterocycles. The van der Waals surface area contributed by atoms with E-state index in [4.69, 9.17) is 0 Å². The highest BCUT2D eigenvalue weighted by atomic mass is 32.2. The predicted molar refractivity (Wildman–Crippen MR) is 70.6 cm³/mol. The van der Waals surface area contributed by atoms with Crippen LogP contribution in [0.5, 0.6) is 0 Å². The lowest BCUT2D eigenvalue weighted by atomic mass is 10.1. The zero-order chi connectivity index (χ0) is 11.8. The number of nitrogens with one attached hydrogen (secondary N) is 1. The van der Waals surface area contributed by atoms with E-state index in [-0.39, 0.29) is 5.82 Å². The Morgan fingerprint density at radius 2 is 2.00 bits per heavy atom. The van der Waals surface area contributed by atoms with E-state index < -0.39 is 0 Å². The van der Waals surface area contributed by atoms with Crippen molar-refractivity contribution in [3.05, 3.63) is 35.6 Å². The average Bonchev–Trinajstić information content (AvgIpc) is 2.31. The van der Waals surface area contributed by atoms with E-state index in [9.17, 15) is 4.39 Å². The van der Waals surface area contributed by atoms with Crippen molar-refractivity contribution < 1.29 is 4.39 Å². The predicted octanol–water partition coefficient (Wildman–Crippen LogP) is 3.10. The normalized spacial score (nSPS) is 12.7. The number of halogens is 1. The summed E-state index contributed by atoms with van der Waals surface area (Å²) in [7, 11) is 1.99. The fraction of sp³-hybridized carbons (Fsp3) is 0.538. The first kappa shape index (κ1) is 13.5. The van der Waals surface area contributed by atoms with Crippen LogP contribution >= 0.6 is 11.8 Å². The highest BCUT2D eigenvalue weighted by molar-refractivity contribution is 7.99. The summed E-state index contributed by atoms with van der Waals surface area (Å²) in [6.45, 7) is 2.20. The molecular formula is C13H20FNS. The molecule has 1 nitrogen and oxygen atoms in total. The Balaban J connectivity index is 2.40. The maximum absolute atomic E-state index is 12.7. The Hall–Kier alpha value is -0.540. The van der Waals surface area contributed by atoms with Crippen LogP contribution in [-0.4, -0.2) is 24.6 Å². The average molecular weight is 241 g/mol. The smallest absolute Gasteiger partial charge is 0.123 e. The van der Waals surface area contributed by atoms with Gasteiger partial charge in [0.1, 0.15) is 5.82 Å². The number of rotatable bonds is 7. The van der Waals surface area contributed by atoms with Crippen LogP contribution in [0.4, 0.5) is 4.39 Å². The van der Waals surface area contributed by atoms with Gasteiger partial charge in [-0.05, 0) is 43.3 Å². The number of likely N-dealkylation sites (N-methyl/N-ethyl adjacent to an activating group) is 1. The van der Waals surface area contributed by atoms with Crippen molar-refractivity contribution in [3.8, 4) is 0 Å². The monoisotopic (exact) mass is 241 g/mol. The maximum Gasteiger partial charge on any atom is 0.123 e. The summed E-state index contributed by atoms with van der Waals surface area (Å²) >= 11 is 1.97. The van der Waals surface area contributed by atoms with Gasteiger partial charge < -0.3 is 5.32 Å². The summed E-state index contributed by atoms with van der Waals surface area (Å²) in [6.07, 6.45) is 2.19. The molecule has 0 saturated heterocycles. The molecule has 1 N–H and O–H groups in total.